The molecule has 0 aliphatic heterocycles. The standard InChI is InChI=1S/C14H20N2O4S/c1-10(2)4-9-14(18)16-21(19,20)13-7-5-12(6-8-13)15-11(3)17/h5-8,10H,4,9H2,1-3H3,(H,15,17)(H,16,18). The Bertz CT molecular complexity index is 606. The lowest BCUT2D eigenvalue weighted by atomic mass is 10.1. The van der Waals surface area contributed by atoms with Crippen molar-refractivity contribution in [2.45, 2.75) is 38.5 Å². The molecular formula is C14H20N2O4S. The van der Waals surface area contributed by atoms with Crippen LogP contribution in [-0.4, -0.2) is 20.2 Å². The van der Waals surface area contributed by atoms with Crippen LogP contribution in [0.5, 0.6) is 0 Å². The van der Waals surface area contributed by atoms with Crippen LogP contribution in [0.2, 0.25) is 0 Å². The van der Waals surface area contributed by atoms with Crippen LogP contribution in [0.15, 0.2) is 29.2 Å². The second kappa shape index (κ2) is 7.21. The molecular weight excluding hydrogens is 292 g/mol. The molecule has 1 rings (SSSR count). The van der Waals surface area contributed by atoms with Crippen molar-refractivity contribution in [3.05, 3.63) is 24.3 Å². The summed E-state index contributed by atoms with van der Waals surface area (Å²) < 4.78 is 26.0. The number of hydrogen-bond donors (Lipinski definition) is 2. The average molecular weight is 312 g/mol. The van der Waals surface area contributed by atoms with Crippen molar-refractivity contribution in [2.75, 3.05) is 5.32 Å². The highest BCUT2D eigenvalue weighted by Gasteiger charge is 2.17. The molecule has 116 valence electrons. The molecule has 0 aromatic heterocycles. The SMILES string of the molecule is CC(=O)Nc1ccc(S(=O)(=O)NC(=O)CCC(C)C)cc1. The first-order valence-electron chi connectivity index (χ1n) is 6.64. The average Bonchev–Trinajstić information content (AvgIpc) is 2.35. The molecule has 0 aliphatic carbocycles. The molecule has 6 nitrogen and oxygen atoms in total. The van der Waals surface area contributed by atoms with Crippen LogP contribution in [0.1, 0.15) is 33.6 Å². The minimum Gasteiger partial charge on any atom is -0.326 e. The lowest BCUT2D eigenvalue weighted by molar-refractivity contribution is -0.119. The maximum Gasteiger partial charge on any atom is 0.264 e. The van der Waals surface area contributed by atoms with Gasteiger partial charge in [0.2, 0.25) is 11.8 Å². The van der Waals surface area contributed by atoms with Gasteiger partial charge in [0, 0.05) is 19.0 Å². The Kier molecular flexibility index (Phi) is 5.90. The summed E-state index contributed by atoms with van der Waals surface area (Å²) in [4.78, 5) is 22.5. The third-order valence-electron chi connectivity index (χ3n) is 2.68. The molecule has 0 fully saturated rings. The predicted octanol–water partition coefficient (Wildman–Crippen LogP) is 1.89. The van der Waals surface area contributed by atoms with Crippen molar-refractivity contribution in [1.82, 2.24) is 4.72 Å². The van der Waals surface area contributed by atoms with Crippen molar-refractivity contribution in [2.24, 2.45) is 5.92 Å². The Hall–Kier alpha value is -1.89. The fraction of sp³-hybridized carbons (Fsp3) is 0.429. The van der Waals surface area contributed by atoms with Crippen molar-refractivity contribution < 1.29 is 18.0 Å². The van der Waals surface area contributed by atoms with E-state index in [4.69, 9.17) is 0 Å². The third kappa shape index (κ3) is 5.95. The zero-order chi connectivity index (χ0) is 16.0. The molecule has 0 unspecified atom stereocenters. The van der Waals surface area contributed by atoms with E-state index in [1.165, 1.54) is 31.2 Å². The van der Waals surface area contributed by atoms with Crippen LogP contribution >= 0.6 is 0 Å². The van der Waals surface area contributed by atoms with Crippen LogP contribution in [0, 0.1) is 5.92 Å². The Morgan fingerprint density at radius 1 is 1.14 bits per heavy atom. The second-order valence-corrected chi connectivity index (χ2v) is 6.85. The van der Waals surface area contributed by atoms with Crippen molar-refractivity contribution in [3.63, 3.8) is 0 Å². The molecule has 7 heteroatoms. The predicted molar refractivity (Wildman–Crippen MR) is 80.1 cm³/mol. The maximum atomic E-state index is 12.0. The molecule has 1 aromatic carbocycles. The van der Waals surface area contributed by atoms with Crippen molar-refractivity contribution in [3.8, 4) is 0 Å². The van der Waals surface area contributed by atoms with Crippen LogP contribution in [-0.2, 0) is 19.6 Å². The summed E-state index contributed by atoms with van der Waals surface area (Å²) in [5, 5.41) is 2.54. The van der Waals surface area contributed by atoms with Crippen LogP contribution in [0.3, 0.4) is 0 Å². The summed E-state index contributed by atoms with van der Waals surface area (Å²) in [6.45, 7) is 5.28. The molecule has 0 saturated carbocycles. The molecule has 0 bridgehead atoms. The fourth-order valence-electron chi connectivity index (χ4n) is 1.60. The quantitative estimate of drug-likeness (QED) is 0.839. The van der Waals surface area contributed by atoms with Crippen LogP contribution in [0.25, 0.3) is 0 Å². The number of amides is 2. The maximum absolute atomic E-state index is 12.0. The number of sulfonamides is 1. The van der Waals surface area contributed by atoms with Gasteiger partial charge in [0.15, 0.2) is 0 Å². The van der Waals surface area contributed by atoms with Crippen molar-refractivity contribution >= 4 is 27.5 Å². The number of rotatable bonds is 6. The largest absolute Gasteiger partial charge is 0.326 e. The summed E-state index contributed by atoms with van der Waals surface area (Å²) in [5.41, 5.74) is 0.493. The molecule has 0 aliphatic rings. The first-order valence-corrected chi connectivity index (χ1v) is 8.12. The topological polar surface area (TPSA) is 92.3 Å². The Morgan fingerprint density at radius 2 is 1.71 bits per heavy atom. The molecule has 2 amide bonds. The number of anilines is 1. The zero-order valence-electron chi connectivity index (χ0n) is 12.3. The first kappa shape index (κ1) is 17.2. The molecule has 0 heterocycles. The molecule has 0 saturated heterocycles. The fourth-order valence-corrected chi connectivity index (χ4v) is 2.61. The molecule has 0 atom stereocenters. The number of nitrogens with one attached hydrogen (secondary N) is 2. The van der Waals surface area contributed by atoms with Gasteiger partial charge in [-0.25, -0.2) is 13.1 Å². The lowest BCUT2D eigenvalue weighted by Gasteiger charge is -2.09. The highest BCUT2D eigenvalue weighted by molar-refractivity contribution is 7.90. The van der Waals surface area contributed by atoms with Gasteiger partial charge >= 0.3 is 0 Å². The van der Waals surface area contributed by atoms with Gasteiger partial charge < -0.3 is 5.32 Å². The minimum atomic E-state index is -3.86. The Balaban J connectivity index is 2.74. The van der Waals surface area contributed by atoms with Gasteiger partial charge in [-0.2, -0.15) is 0 Å². The van der Waals surface area contributed by atoms with Gasteiger partial charge in [-0.3, -0.25) is 9.59 Å². The molecule has 0 radical (unpaired) electrons. The first-order chi connectivity index (χ1) is 9.70. The summed E-state index contributed by atoms with van der Waals surface area (Å²) in [5.74, 6) is -0.433. The highest BCUT2D eigenvalue weighted by atomic mass is 32.2. The van der Waals surface area contributed by atoms with E-state index >= 15 is 0 Å². The van der Waals surface area contributed by atoms with E-state index < -0.39 is 15.9 Å². The van der Waals surface area contributed by atoms with Crippen LogP contribution < -0.4 is 10.0 Å². The summed E-state index contributed by atoms with van der Waals surface area (Å²) in [6.07, 6.45) is 0.795. The molecule has 1 aromatic rings. The number of carbonyl (C=O) groups excluding carboxylic acids is 2. The van der Waals surface area contributed by atoms with Gasteiger partial charge in [-0.15, -0.1) is 0 Å². The number of benzene rings is 1. The van der Waals surface area contributed by atoms with Gasteiger partial charge in [-0.1, -0.05) is 13.8 Å². The van der Waals surface area contributed by atoms with Crippen LogP contribution in [0.4, 0.5) is 5.69 Å². The Labute approximate surface area is 125 Å². The minimum absolute atomic E-state index is 0.0190. The summed E-state index contributed by atoms with van der Waals surface area (Å²) in [6, 6.07) is 5.61. The Morgan fingerprint density at radius 3 is 2.19 bits per heavy atom. The highest BCUT2D eigenvalue weighted by Crippen LogP contribution is 2.14. The van der Waals surface area contributed by atoms with E-state index in [1.807, 2.05) is 18.6 Å². The van der Waals surface area contributed by atoms with E-state index in [0.717, 1.165) is 0 Å². The molecule has 0 spiro atoms. The van der Waals surface area contributed by atoms with E-state index in [0.29, 0.717) is 18.0 Å². The van der Waals surface area contributed by atoms with Gasteiger partial charge in [0.05, 0.1) is 4.90 Å². The van der Waals surface area contributed by atoms with Gasteiger partial charge in [0.25, 0.3) is 10.0 Å². The van der Waals surface area contributed by atoms with Gasteiger partial charge in [-0.05, 0) is 36.6 Å². The number of carbonyl (C=O) groups is 2. The lowest BCUT2D eigenvalue weighted by Crippen LogP contribution is -2.30. The zero-order valence-corrected chi connectivity index (χ0v) is 13.2. The number of hydrogen-bond acceptors (Lipinski definition) is 4. The summed E-state index contributed by atoms with van der Waals surface area (Å²) in [7, 11) is -3.86. The summed E-state index contributed by atoms with van der Waals surface area (Å²) >= 11 is 0. The normalized spacial score (nSPS) is 11.2. The van der Waals surface area contributed by atoms with E-state index in [9.17, 15) is 18.0 Å². The van der Waals surface area contributed by atoms with E-state index in [2.05, 4.69) is 5.32 Å². The van der Waals surface area contributed by atoms with Crippen molar-refractivity contribution in [1.29, 1.82) is 0 Å². The van der Waals surface area contributed by atoms with E-state index in [-0.39, 0.29) is 17.2 Å². The second-order valence-electron chi connectivity index (χ2n) is 5.17. The molecule has 21 heavy (non-hydrogen) atoms. The third-order valence-corrected chi connectivity index (χ3v) is 4.07. The molecule has 2 N–H and O–H groups in total. The van der Waals surface area contributed by atoms with E-state index in [1.54, 1.807) is 0 Å². The van der Waals surface area contributed by atoms with Gasteiger partial charge in [0.1, 0.15) is 0 Å². The monoisotopic (exact) mass is 312 g/mol. The smallest absolute Gasteiger partial charge is 0.264 e.